The molecule has 0 fully saturated rings. The average Bonchev–Trinajstić information content (AvgIpc) is 2.29. The van der Waals surface area contributed by atoms with Crippen molar-refractivity contribution in [2.45, 2.75) is 25.6 Å². The quantitative estimate of drug-likeness (QED) is 0.897. The first-order chi connectivity index (χ1) is 8.25. The molecule has 3 nitrogen and oxygen atoms in total. The number of benzene rings is 1. The minimum atomic E-state index is -4.48. The van der Waals surface area contributed by atoms with Crippen LogP contribution in [-0.4, -0.2) is 11.9 Å². The summed E-state index contributed by atoms with van der Waals surface area (Å²) >= 11 is 2.82. The van der Waals surface area contributed by atoms with Crippen molar-refractivity contribution in [3.63, 3.8) is 0 Å². The lowest BCUT2D eigenvalue weighted by Gasteiger charge is -2.13. The van der Waals surface area contributed by atoms with Crippen LogP contribution in [0.3, 0.4) is 0 Å². The molecule has 1 rings (SSSR count). The molecule has 0 aromatic heterocycles. The molecule has 0 aliphatic carbocycles. The van der Waals surface area contributed by atoms with Gasteiger partial charge in [-0.25, -0.2) is 0 Å². The van der Waals surface area contributed by atoms with Crippen LogP contribution in [0.15, 0.2) is 22.7 Å². The van der Waals surface area contributed by atoms with E-state index in [1.165, 1.54) is 12.1 Å². The summed E-state index contributed by atoms with van der Waals surface area (Å²) in [5, 5.41) is 2.35. The van der Waals surface area contributed by atoms with Crippen molar-refractivity contribution in [3.8, 4) is 0 Å². The summed E-state index contributed by atoms with van der Waals surface area (Å²) in [5.41, 5.74) is 4.70. The van der Waals surface area contributed by atoms with Gasteiger partial charge in [-0.15, -0.1) is 0 Å². The van der Waals surface area contributed by atoms with Gasteiger partial charge in [-0.2, -0.15) is 13.2 Å². The fourth-order valence-electron chi connectivity index (χ4n) is 1.24. The lowest BCUT2D eigenvalue weighted by Crippen LogP contribution is -2.34. The predicted molar refractivity (Wildman–Crippen MR) is 66.0 cm³/mol. The van der Waals surface area contributed by atoms with Crippen molar-refractivity contribution in [1.29, 1.82) is 0 Å². The van der Waals surface area contributed by atoms with Gasteiger partial charge in [0.15, 0.2) is 0 Å². The van der Waals surface area contributed by atoms with E-state index in [1.54, 1.807) is 6.92 Å². The standard InChI is InChI=1S/C11H12BrF3N2O/c1-2-9(16)10(18)17-6-3-4-8(12)7(5-6)11(13,14)15/h3-5,9H,2,16H2,1H3,(H,17,18)/t9-/m0/s1. The summed E-state index contributed by atoms with van der Waals surface area (Å²) in [7, 11) is 0. The van der Waals surface area contributed by atoms with Crippen LogP contribution in [-0.2, 0) is 11.0 Å². The van der Waals surface area contributed by atoms with Crippen LogP contribution >= 0.6 is 15.9 Å². The number of anilines is 1. The molecule has 0 aliphatic rings. The van der Waals surface area contributed by atoms with Gasteiger partial charge in [0, 0.05) is 10.2 Å². The SMILES string of the molecule is CC[C@H](N)C(=O)Nc1ccc(Br)c(C(F)(F)F)c1. The fourth-order valence-corrected chi connectivity index (χ4v) is 1.71. The van der Waals surface area contributed by atoms with E-state index in [1.807, 2.05) is 0 Å². The summed E-state index contributed by atoms with van der Waals surface area (Å²) in [4.78, 5) is 11.5. The zero-order valence-electron chi connectivity index (χ0n) is 9.51. The van der Waals surface area contributed by atoms with Crippen LogP contribution in [0.4, 0.5) is 18.9 Å². The number of amides is 1. The third-order valence-corrected chi connectivity index (χ3v) is 3.01. The van der Waals surface area contributed by atoms with E-state index >= 15 is 0 Å². The predicted octanol–water partition coefficient (Wildman–Crippen LogP) is 3.14. The molecule has 0 aliphatic heterocycles. The monoisotopic (exact) mass is 324 g/mol. The van der Waals surface area contributed by atoms with Gasteiger partial charge in [0.05, 0.1) is 11.6 Å². The highest BCUT2D eigenvalue weighted by molar-refractivity contribution is 9.10. The third-order valence-electron chi connectivity index (χ3n) is 2.32. The molecule has 100 valence electrons. The zero-order valence-corrected chi connectivity index (χ0v) is 11.1. The van der Waals surface area contributed by atoms with Gasteiger partial charge < -0.3 is 11.1 Å². The molecule has 1 aromatic rings. The van der Waals surface area contributed by atoms with Crippen molar-refractivity contribution < 1.29 is 18.0 Å². The van der Waals surface area contributed by atoms with Crippen molar-refractivity contribution >= 4 is 27.5 Å². The average molecular weight is 325 g/mol. The molecular formula is C11H12BrF3N2O. The topological polar surface area (TPSA) is 55.1 Å². The van der Waals surface area contributed by atoms with E-state index in [0.29, 0.717) is 6.42 Å². The molecular weight excluding hydrogens is 313 g/mol. The fraction of sp³-hybridized carbons (Fsp3) is 0.364. The Morgan fingerprint density at radius 3 is 2.61 bits per heavy atom. The van der Waals surface area contributed by atoms with Gasteiger partial charge in [0.25, 0.3) is 0 Å². The van der Waals surface area contributed by atoms with Crippen molar-refractivity contribution in [1.82, 2.24) is 0 Å². The molecule has 0 bridgehead atoms. The van der Waals surface area contributed by atoms with Gasteiger partial charge in [0.1, 0.15) is 0 Å². The Hall–Kier alpha value is -1.08. The Kier molecular flexibility index (Phi) is 4.75. The smallest absolute Gasteiger partial charge is 0.325 e. The van der Waals surface area contributed by atoms with Crippen LogP contribution in [0, 0.1) is 0 Å². The second-order valence-corrected chi connectivity index (χ2v) is 4.55. The zero-order chi connectivity index (χ0) is 13.9. The Morgan fingerprint density at radius 2 is 2.11 bits per heavy atom. The largest absolute Gasteiger partial charge is 0.417 e. The molecule has 0 heterocycles. The maximum atomic E-state index is 12.6. The minimum absolute atomic E-state index is 0.0689. The van der Waals surface area contributed by atoms with E-state index in [0.717, 1.165) is 6.07 Å². The maximum Gasteiger partial charge on any atom is 0.417 e. The molecule has 0 saturated heterocycles. The summed E-state index contributed by atoms with van der Waals surface area (Å²) in [6.07, 6.45) is -4.07. The van der Waals surface area contributed by atoms with Crippen LogP contribution in [0.1, 0.15) is 18.9 Å². The second-order valence-electron chi connectivity index (χ2n) is 3.70. The number of carbonyl (C=O) groups excluding carboxylic acids is 1. The first-order valence-electron chi connectivity index (χ1n) is 5.19. The highest BCUT2D eigenvalue weighted by atomic mass is 79.9. The van der Waals surface area contributed by atoms with Crippen molar-refractivity contribution in [3.05, 3.63) is 28.2 Å². The first-order valence-corrected chi connectivity index (χ1v) is 5.98. The number of rotatable bonds is 3. The van der Waals surface area contributed by atoms with E-state index < -0.39 is 23.7 Å². The normalized spacial score (nSPS) is 13.2. The van der Waals surface area contributed by atoms with E-state index in [-0.39, 0.29) is 10.2 Å². The third kappa shape index (κ3) is 3.71. The second kappa shape index (κ2) is 5.71. The van der Waals surface area contributed by atoms with Crippen LogP contribution in [0.5, 0.6) is 0 Å². The van der Waals surface area contributed by atoms with Gasteiger partial charge in [-0.3, -0.25) is 4.79 Å². The Balaban J connectivity index is 2.96. The van der Waals surface area contributed by atoms with Crippen molar-refractivity contribution in [2.24, 2.45) is 5.73 Å². The number of carbonyl (C=O) groups is 1. The Bertz CT molecular complexity index is 448. The number of hydrogen-bond acceptors (Lipinski definition) is 2. The van der Waals surface area contributed by atoms with Gasteiger partial charge in [-0.1, -0.05) is 22.9 Å². The lowest BCUT2D eigenvalue weighted by molar-refractivity contribution is -0.138. The number of halogens is 4. The van der Waals surface area contributed by atoms with Gasteiger partial charge in [0.2, 0.25) is 5.91 Å². The van der Waals surface area contributed by atoms with E-state index in [9.17, 15) is 18.0 Å². The summed E-state index contributed by atoms with van der Waals surface area (Å²) in [6.45, 7) is 1.72. The summed E-state index contributed by atoms with van der Waals surface area (Å²) in [5.74, 6) is -0.507. The molecule has 18 heavy (non-hydrogen) atoms. The van der Waals surface area contributed by atoms with Gasteiger partial charge >= 0.3 is 6.18 Å². The molecule has 0 spiro atoms. The lowest BCUT2D eigenvalue weighted by atomic mass is 10.1. The Morgan fingerprint density at radius 1 is 1.50 bits per heavy atom. The first kappa shape index (κ1) is 15.0. The van der Waals surface area contributed by atoms with Crippen LogP contribution in [0.25, 0.3) is 0 Å². The Labute approximate surface area is 111 Å². The van der Waals surface area contributed by atoms with Crippen molar-refractivity contribution in [2.75, 3.05) is 5.32 Å². The molecule has 1 aromatic carbocycles. The number of hydrogen-bond donors (Lipinski definition) is 2. The van der Waals surface area contributed by atoms with Gasteiger partial charge in [-0.05, 0) is 24.6 Å². The molecule has 0 radical (unpaired) electrons. The number of alkyl halides is 3. The molecule has 0 unspecified atom stereocenters. The van der Waals surface area contributed by atoms with E-state index in [4.69, 9.17) is 5.73 Å². The number of nitrogens with two attached hydrogens (primary N) is 1. The summed E-state index contributed by atoms with van der Waals surface area (Å²) in [6, 6.07) is 2.74. The molecule has 0 saturated carbocycles. The highest BCUT2D eigenvalue weighted by Gasteiger charge is 2.33. The summed E-state index contributed by atoms with van der Waals surface area (Å²) < 4.78 is 37.8. The minimum Gasteiger partial charge on any atom is -0.325 e. The van der Waals surface area contributed by atoms with Crippen LogP contribution < -0.4 is 11.1 Å². The maximum absolute atomic E-state index is 12.6. The molecule has 1 atom stereocenters. The molecule has 7 heteroatoms. The van der Waals surface area contributed by atoms with Crippen LogP contribution in [0.2, 0.25) is 0 Å². The molecule has 3 N–H and O–H groups in total. The van der Waals surface area contributed by atoms with E-state index in [2.05, 4.69) is 21.2 Å². The highest BCUT2D eigenvalue weighted by Crippen LogP contribution is 2.36. The number of nitrogens with one attached hydrogen (secondary N) is 1. The molecule has 1 amide bonds.